The van der Waals surface area contributed by atoms with E-state index in [1.54, 1.807) is 0 Å². The van der Waals surface area contributed by atoms with Crippen molar-refractivity contribution in [2.24, 2.45) is 0 Å². The number of nitrogens with one attached hydrogen (secondary N) is 1. The van der Waals surface area contributed by atoms with Gasteiger partial charge in [0.25, 0.3) is 0 Å². The highest BCUT2D eigenvalue weighted by Crippen LogP contribution is 2.30. The molecule has 0 aliphatic heterocycles. The van der Waals surface area contributed by atoms with E-state index >= 15 is 0 Å². The maximum absolute atomic E-state index is 13.7. The molecule has 0 radical (unpaired) electrons. The molecule has 1 aromatic carbocycles. The normalized spacial score (nSPS) is 10.6. The molecule has 2 aromatic heterocycles. The van der Waals surface area contributed by atoms with Crippen LogP contribution in [0, 0.1) is 17.5 Å². The lowest BCUT2D eigenvalue weighted by Crippen LogP contribution is -1.95. The number of hydrogen-bond acceptors (Lipinski definition) is 5. The van der Waals surface area contributed by atoms with Crippen molar-refractivity contribution in [2.75, 3.05) is 5.32 Å². The Labute approximate surface area is 121 Å². The van der Waals surface area contributed by atoms with Crippen molar-refractivity contribution in [3.05, 3.63) is 53.6 Å². The molecular weight excluding hydrogens is 301 g/mol. The molecule has 1 N–H and O–H groups in total. The van der Waals surface area contributed by atoms with Crippen LogP contribution in [-0.2, 0) is 0 Å². The van der Waals surface area contributed by atoms with E-state index in [9.17, 15) is 13.2 Å². The van der Waals surface area contributed by atoms with Gasteiger partial charge in [0.1, 0.15) is 17.5 Å². The first-order valence-corrected chi connectivity index (χ1v) is 6.65. The molecule has 0 saturated carbocycles. The number of thiazole rings is 1. The Morgan fingerprint density at radius 1 is 1.05 bits per heavy atom. The van der Waals surface area contributed by atoms with Gasteiger partial charge >= 0.3 is 0 Å². The van der Waals surface area contributed by atoms with Gasteiger partial charge < -0.3 is 5.32 Å². The third kappa shape index (κ3) is 2.84. The maximum atomic E-state index is 13.7. The summed E-state index contributed by atoms with van der Waals surface area (Å²) in [5.41, 5.74) is -0.277. The molecule has 0 saturated heterocycles. The number of aromatic nitrogens is 3. The van der Waals surface area contributed by atoms with Crippen LogP contribution in [0.3, 0.4) is 0 Å². The van der Waals surface area contributed by atoms with E-state index in [1.165, 1.54) is 24.0 Å². The molecule has 0 bridgehead atoms. The SMILES string of the molecule is Fc1cc(F)c(-c2csc(Nc3cnccn3)n2)c(F)c1. The average molecular weight is 308 g/mol. The number of rotatable bonds is 3. The van der Waals surface area contributed by atoms with Crippen molar-refractivity contribution in [3.63, 3.8) is 0 Å². The van der Waals surface area contributed by atoms with E-state index in [-0.39, 0.29) is 11.3 Å². The number of nitrogens with zero attached hydrogens (tertiary/aromatic N) is 3. The fraction of sp³-hybridized carbons (Fsp3) is 0. The molecule has 0 unspecified atom stereocenters. The third-order valence-corrected chi connectivity index (χ3v) is 3.32. The number of benzene rings is 1. The Hall–Kier alpha value is -2.48. The van der Waals surface area contributed by atoms with Gasteiger partial charge in [-0.2, -0.15) is 0 Å². The van der Waals surface area contributed by atoms with Crippen LogP contribution in [-0.4, -0.2) is 15.0 Å². The van der Waals surface area contributed by atoms with Gasteiger partial charge in [-0.25, -0.2) is 23.1 Å². The molecule has 0 spiro atoms. The van der Waals surface area contributed by atoms with Gasteiger partial charge in [-0.05, 0) is 0 Å². The van der Waals surface area contributed by atoms with Gasteiger partial charge in [0.05, 0.1) is 17.5 Å². The second-order valence-corrected chi connectivity index (χ2v) is 4.86. The molecule has 0 fully saturated rings. The zero-order chi connectivity index (χ0) is 14.8. The predicted octanol–water partition coefficient (Wildman–Crippen LogP) is 3.76. The van der Waals surface area contributed by atoms with Crippen LogP contribution < -0.4 is 5.32 Å². The molecule has 4 nitrogen and oxygen atoms in total. The van der Waals surface area contributed by atoms with Crippen LogP contribution in [0.2, 0.25) is 0 Å². The highest BCUT2D eigenvalue weighted by atomic mass is 32.1. The van der Waals surface area contributed by atoms with Crippen molar-refractivity contribution in [1.82, 2.24) is 15.0 Å². The molecule has 0 amide bonds. The zero-order valence-electron chi connectivity index (χ0n) is 10.3. The summed E-state index contributed by atoms with van der Waals surface area (Å²) in [7, 11) is 0. The first-order valence-electron chi connectivity index (χ1n) is 5.77. The summed E-state index contributed by atoms with van der Waals surface area (Å²) in [6, 6.07) is 1.24. The molecule has 3 rings (SSSR count). The first-order chi connectivity index (χ1) is 10.1. The van der Waals surface area contributed by atoms with Crippen LogP contribution in [0.5, 0.6) is 0 Å². The lowest BCUT2D eigenvalue weighted by molar-refractivity contribution is 0.547. The molecular formula is C13H7F3N4S. The van der Waals surface area contributed by atoms with E-state index in [4.69, 9.17) is 0 Å². The minimum Gasteiger partial charge on any atom is -0.315 e. The van der Waals surface area contributed by atoms with E-state index in [1.807, 2.05) is 0 Å². The minimum atomic E-state index is -0.996. The molecule has 8 heteroatoms. The van der Waals surface area contributed by atoms with Crippen molar-refractivity contribution in [1.29, 1.82) is 0 Å². The molecule has 106 valence electrons. The highest BCUT2D eigenvalue weighted by Gasteiger charge is 2.16. The Morgan fingerprint density at radius 2 is 1.81 bits per heavy atom. The van der Waals surface area contributed by atoms with E-state index in [0.29, 0.717) is 23.1 Å². The average Bonchev–Trinajstić information content (AvgIpc) is 2.87. The third-order valence-electron chi connectivity index (χ3n) is 2.57. The fourth-order valence-electron chi connectivity index (χ4n) is 1.71. The zero-order valence-corrected chi connectivity index (χ0v) is 11.2. The summed E-state index contributed by atoms with van der Waals surface area (Å²) in [6.45, 7) is 0. The highest BCUT2D eigenvalue weighted by molar-refractivity contribution is 7.14. The summed E-state index contributed by atoms with van der Waals surface area (Å²) in [4.78, 5) is 11.9. The quantitative estimate of drug-likeness (QED) is 0.800. The van der Waals surface area contributed by atoms with Crippen LogP contribution in [0.25, 0.3) is 11.3 Å². The van der Waals surface area contributed by atoms with Gasteiger partial charge in [-0.15, -0.1) is 11.3 Å². The van der Waals surface area contributed by atoms with Crippen molar-refractivity contribution < 1.29 is 13.2 Å². The van der Waals surface area contributed by atoms with Crippen molar-refractivity contribution in [3.8, 4) is 11.3 Å². The Morgan fingerprint density at radius 3 is 2.48 bits per heavy atom. The largest absolute Gasteiger partial charge is 0.315 e. The summed E-state index contributed by atoms with van der Waals surface area (Å²) < 4.78 is 40.2. The molecule has 2 heterocycles. The summed E-state index contributed by atoms with van der Waals surface area (Å²) in [5, 5.41) is 4.73. The van der Waals surface area contributed by atoms with Gasteiger partial charge in [-0.3, -0.25) is 4.98 Å². The standard InChI is InChI=1S/C13H7F3N4S/c14-7-3-8(15)12(9(16)4-7)10-6-21-13(19-10)20-11-5-17-1-2-18-11/h1-6H,(H,18,19,20). The second-order valence-electron chi connectivity index (χ2n) is 4.00. The van der Waals surface area contributed by atoms with E-state index in [2.05, 4.69) is 20.3 Å². The number of hydrogen-bond donors (Lipinski definition) is 1. The number of anilines is 2. The lowest BCUT2D eigenvalue weighted by atomic mass is 10.1. The smallest absolute Gasteiger partial charge is 0.188 e. The Balaban J connectivity index is 1.92. The molecule has 0 aliphatic rings. The summed E-state index contributed by atoms with van der Waals surface area (Å²) in [6.07, 6.45) is 4.50. The van der Waals surface area contributed by atoms with Gasteiger partial charge in [-0.1, -0.05) is 0 Å². The van der Waals surface area contributed by atoms with Gasteiger partial charge in [0.2, 0.25) is 0 Å². The Kier molecular flexibility index (Phi) is 3.53. The monoisotopic (exact) mass is 308 g/mol. The molecule has 21 heavy (non-hydrogen) atoms. The second kappa shape index (κ2) is 5.49. The van der Waals surface area contributed by atoms with Crippen LogP contribution in [0.15, 0.2) is 36.1 Å². The summed E-state index contributed by atoms with van der Waals surface area (Å²) in [5.74, 6) is -2.51. The molecule has 0 aliphatic carbocycles. The maximum Gasteiger partial charge on any atom is 0.188 e. The minimum absolute atomic E-state index is 0.0846. The first kappa shape index (κ1) is 13.5. The lowest BCUT2D eigenvalue weighted by Gasteiger charge is -2.02. The van der Waals surface area contributed by atoms with E-state index in [0.717, 1.165) is 11.3 Å². The van der Waals surface area contributed by atoms with Gasteiger partial charge in [0.15, 0.2) is 10.9 Å². The fourth-order valence-corrected chi connectivity index (χ4v) is 2.41. The topological polar surface area (TPSA) is 50.7 Å². The van der Waals surface area contributed by atoms with Crippen LogP contribution >= 0.6 is 11.3 Å². The summed E-state index contributed by atoms with van der Waals surface area (Å²) >= 11 is 1.14. The Bertz CT molecular complexity index is 753. The van der Waals surface area contributed by atoms with Crippen LogP contribution in [0.4, 0.5) is 24.1 Å². The van der Waals surface area contributed by atoms with Gasteiger partial charge in [0, 0.05) is 29.9 Å². The van der Waals surface area contributed by atoms with E-state index < -0.39 is 17.5 Å². The number of halogens is 3. The predicted molar refractivity (Wildman–Crippen MR) is 72.7 cm³/mol. The molecule has 0 atom stereocenters. The molecule has 3 aromatic rings. The van der Waals surface area contributed by atoms with Crippen molar-refractivity contribution in [2.45, 2.75) is 0 Å². The van der Waals surface area contributed by atoms with Crippen molar-refractivity contribution >= 4 is 22.3 Å². The van der Waals surface area contributed by atoms with Crippen LogP contribution in [0.1, 0.15) is 0 Å².